The first-order valence-corrected chi connectivity index (χ1v) is 4.96. The van der Waals surface area contributed by atoms with Crippen LogP contribution in [0.5, 0.6) is 0 Å². The molecule has 0 bridgehead atoms. The molecule has 0 aliphatic carbocycles. The summed E-state index contributed by atoms with van der Waals surface area (Å²) in [6.07, 6.45) is -1.23. The third-order valence-electron chi connectivity index (χ3n) is 1.97. The smallest absolute Gasteiger partial charge is 0.415 e. The molecule has 0 unspecified atom stereocenters. The van der Waals surface area contributed by atoms with Gasteiger partial charge >= 0.3 is 18.0 Å². The van der Waals surface area contributed by atoms with Crippen LogP contribution in [-0.2, 0) is 9.53 Å². The Morgan fingerprint density at radius 1 is 1.22 bits per heavy atom. The zero-order valence-electron chi connectivity index (χ0n) is 9.20. The lowest BCUT2D eigenvalue weighted by atomic mass is 10.2. The molecular weight excluding hydrogens is 242 g/mol. The molecule has 18 heavy (non-hydrogen) atoms. The Bertz CT molecular complexity index is 444. The van der Waals surface area contributed by atoms with E-state index in [-0.39, 0.29) is 5.56 Å². The van der Waals surface area contributed by atoms with E-state index >= 15 is 0 Å². The predicted octanol–water partition coefficient (Wildman–Crippen LogP) is -0.00150. The molecule has 0 fully saturated rings. The van der Waals surface area contributed by atoms with Crippen molar-refractivity contribution in [3.63, 3.8) is 0 Å². The molecule has 0 aliphatic rings. The van der Waals surface area contributed by atoms with Crippen molar-refractivity contribution < 1.29 is 29.3 Å². The summed E-state index contributed by atoms with van der Waals surface area (Å²) in [6, 6.07) is 6.22. The molecule has 1 rings (SSSR count). The Morgan fingerprint density at radius 3 is 2.33 bits per heavy atom. The molecule has 1 aromatic rings. The molecule has 7 nitrogen and oxygen atoms in total. The number of nitrogens with one attached hydrogen (secondary N) is 1. The summed E-state index contributed by atoms with van der Waals surface area (Å²) in [7, 11) is 0. The number of hydrogen-bond acceptors (Lipinski definition) is 5. The summed E-state index contributed by atoms with van der Waals surface area (Å²) >= 11 is 0. The van der Waals surface area contributed by atoms with Crippen molar-refractivity contribution in [2.75, 3.05) is 6.61 Å². The standard InChI is InChI=1S/C11H11NO6/c13-6-8(9(14)15)12-11(17)18-10(16)7-4-2-1-3-5-7/h1-5,8,13H,6H2,(H,12,17)(H,14,15)/t8-/m0/s1. The normalized spacial score (nSPS) is 11.4. The molecule has 0 aliphatic heterocycles. The van der Waals surface area contributed by atoms with Gasteiger partial charge < -0.3 is 20.3 Å². The number of aliphatic hydroxyl groups excluding tert-OH is 1. The molecule has 1 amide bonds. The first-order valence-electron chi connectivity index (χ1n) is 4.96. The summed E-state index contributed by atoms with van der Waals surface area (Å²) in [5.41, 5.74) is 0.156. The van der Waals surface area contributed by atoms with Crippen LogP contribution in [0.1, 0.15) is 10.4 Å². The second-order valence-electron chi connectivity index (χ2n) is 3.26. The van der Waals surface area contributed by atoms with E-state index in [1.54, 1.807) is 18.2 Å². The Kier molecular flexibility index (Phi) is 4.82. The van der Waals surface area contributed by atoms with Crippen LogP contribution >= 0.6 is 0 Å². The van der Waals surface area contributed by atoms with Crippen LogP contribution < -0.4 is 5.32 Å². The van der Waals surface area contributed by atoms with Crippen molar-refractivity contribution in [2.45, 2.75) is 6.04 Å². The van der Waals surface area contributed by atoms with E-state index in [2.05, 4.69) is 4.74 Å². The van der Waals surface area contributed by atoms with Crippen LogP contribution in [0.15, 0.2) is 30.3 Å². The van der Waals surface area contributed by atoms with E-state index in [9.17, 15) is 14.4 Å². The first-order chi connectivity index (χ1) is 8.54. The van der Waals surface area contributed by atoms with Crippen LogP contribution in [0.3, 0.4) is 0 Å². The number of amides is 1. The van der Waals surface area contributed by atoms with Gasteiger partial charge in [-0.3, -0.25) is 0 Å². The van der Waals surface area contributed by atoms with Gasteiger partial charge in [-0.25, -0.2) is 14.4 Å². The number of carbonyl (C=O) groups is 3. The summed E-state index contributed by atoms with van der Waals surface area (Å²) in [5.74, 6) is -2.34. The number of carbonyl (C=O) groups excluding carboxylic acids is 2. The van der Waals surface area contributed by atoms with E-state index in [0.29, 0.717) is 0 Å². The van der Waals surface area contributed by atoms with Crippen molar-refractivity contribution >= 4 is 18.0 Å². The van der Waals surface area contributed by atoms with Gasteiger partial charge in [0.05, 0.1) is 12.2 Å². The molecule has 0 saturated carbocycles. The minimum absolute atomic E-state index is 0.156. The highest BCUT2D eigenvalue weighted by Crippen LogP contribution is 2.01. The van der Waals surface area contributed by atoms with Gasteiger partial charge in [-0.1, -0.05) is 18.2 Å². The molecule has 7 heteroatoms. The highest BCUT2D eigenvalue weighted by molar-refractivity contribution is 5.97. The van der Waals surface area contributed by atoms with Gasteiger partial charge in [-0.2, -0.15) is 0 Å². The fourth-order valence-corrected chi connectivity index (χ4v) is 1.07. The maximum atomic E-state index is 11.4. The number of aliphatic hydroxyl groups is 1. The van der Waals surface area contributed by atoms with Gasteiger partial charge in [0, 0.05) is 0 Å². The monoisotopic (exact) mass is 253 g/mol. The first kappa shape index (κ1) is 13.7. The summed E-state index contributed by atoms with van der Waals surface area (Å²) in [4.78, 5) is 33.1. The van der Waals surface area contributed by atoms with Crippen molar-refractivity contribution in [2.24, 2.45) is 0 Å². The van der Waals surface area contributed by atoms with E-state index in [1.165, 1.54) is 12.1 Å². The van der Waals surface area contributed by atoms with Gasteiger partial charge in [0.15, 0.2) is 6.04 Å². The molecule has 1 aromatic carbocycles. The average molecular weight is 253 g/mol. The summed E-state index contributed by atoms with van der Waals surface area (Å²) in [6.45, 7) is -0.802. The Morgan fingerprint density at radius 2 is 1.83 bits per heavy atom. The molecule has 1 atom stereocenters. The number of carboxylic acid groups (broad SMARTS) is 1. The molecule has 0 spiro atoms. The predicted molar refractivity (Wildman–Crippen MR) is 58.9 cm³/mol. The molecule has 0 heterocycles. The van der Waals surface area contributed by atoms with Crippen LogP contribution in [-0.4, -0.2) is 40.9 Å². The molecule has 96 valence electrons. The van der Waals surface area contributed by atoms with Gasteiger partial charge in [0.2, 0.25) is 0 Å². The van der Waals surface area contributed by atoms with Gasteiger partial charge in [-0.15, -0.1) is 0 Å². The van der Waals surface area contributed by atoms with Crippen molar-refractivity contribution in [1.29, 1.82) is 0 Å². The fraction of sp³-hybridized carbons (Fsp3) is 0.182. The topological polar surface area (TPSA) is 113 Å². The lowest BCUT2D eigenvalue weighted by Gasteiger charge is -2.10. The number of ether oxygens (including phenoxy) is 1. The average Bonchev–Trinajstić information content (AvgIpc) is 2.36. The Labute approximate surface area is 102 Å². The Hall–Kier alpha value is -2.41. The summed E-state index contributed by atoms with van der Waals surface area (Å²) in [5, 5.41) is 19.1. The van der Waals surface area contributed by atoms with Crippen LogP contribution in [0.25, 0.3) is 0 Å². The number of benzene rings is 1. The molecule has 0 radical (unpaired) electrons. The zero-order chi connectivity index (χ0) is 13.5. The van der Waals surface area contributed by atoms with Gasteiger partial charge in [0.25, 0.3) is 0 Å². The second-order valence-corrected chi connectivity index (χ2v) is 3.26. The van der Waals surface area contributed by atoms with Crippen molar-refractivity contribution in [1.82, 2.24) is 5.32 Å². The van der Waals surface area contributed by atoms with Crippen molar-refractivity contribution in [3.8, 4) is 0 Å². The number of hydrogen-bond donors (Lipinski definition) is 3. The van der Waals surface area contributed by atoms with E-state index in [1.807, 2.05) is 5.32 Å². The number of alkyl carbamates (subject to hydrolysis) is 1. The maximum Gasteiger partial charge on any atom is 0.415 e. The van der Waals surface area contributed by atoms with Gasteiger partial charge in [0.1, 0.15) is 0 Å². The number of esters is 1. The highest BCUT2D eigenvalue weighted by Gasteiger charge is 2.21. The lowest BCUT2D eigenvalue weighted by Crippen LogP contribution is -2.44. The van der Waals surface area contributed by atoms with Crippen molar-refractivity contribution in [3.05, 3.63) is 35.9 Å². The molecule has 3 N–H and O–H groups in total. The van der Waals surface area contributed by atoms with Gasteiger partial charge in [-0.05, 0) is 12.1 Å². The highest BCUT2D eigenvalue weighted by atomic mass is 16.6. The number of carboxylic acids is 1. The summed E-state index contributed by atoms with van der Waals surface area (Å²) < 4.78 is 4.36. The molecular formula is C11H11NO6. The minimum atomic E-state index is -1.51. The maximum absolute atomic E-state index is 11.4. The fourth-order valence-electron chi connectivity index (χ4n) is 1.07. The lowest BCUT2D eigenvalue weighted by molar-refractivity contribution is -0.140. The minimum Gasteiger partial charge on any atom is -0.480 e. The quantitative estimate of drug-likeness (QED) is 0.514. The third kappa shape index (κ3) is 3.87. The van der Waals surface area contributed by atoms with Crippen LogP contribution in [0, 0.1) is 0 Å². The van der Waals surface area contributed by atoms with E-state index in [0.717, 1.165) is 0 Å². The number of rotatable bonds is 4. The third-order valence-corrected chi connectivity index (χ3v) is 1.97. The van der Waals surface area contributed by atoms with Crippen LogP contribution in [0.2, 0.25) is 0 Å². The Balaban J connectivity index is 2.55. The van der Waals surface area contributed by atoms with Crippen LogP contribution in [0.4, 0.5) is 4.79 Å². The molecule has 0 saturated heterocycles. The largest absolute Gasteiger partial charge is 0.480 e. The second kappa shape index (κ2) is 6.36. The number of aliphatic carboxylic acids is 1. The van der Waals surface area contributed by atoms with E-state index in [4.69, 9.17) is 10.2 Å². The zero-order valence-corrected chi connectivity index (χ0v) is 9.20. The SMILES string of the molecule is O=C(N[C@@H](CO)C(=O)O)OC(=O)c1ccccc1. The van der Waals surface area contributed by atoms with E-state index < -0.39 is 30.7 Å². The molecule has 0 aromatic heterocycles.